The highest BCUT2D eigenvalue weighted by atomic mass is 16.3. The molecule has 0 N–H and O–H groups in total. The first-order valence-electron chi connectivity index (χ1n) is 14.4. The summed E-state index contributed by atoms with van der Waals surface area (Å²) in [7, 11) is 2.00. The summed E-state index contributed by atoms with van der Waals surface area (Å²) in [5.41, 5.74) is 9.61. The Labute approximate surface area is 218 Å². The highest BCUT2D eigenvalue weighted by Crippen LogP contribution is 2.48. The van der Waals surface area contributed by atoms with E-state index < -0.39 is 6.85 Å². The number of hydrogen-bond donors (Lipinski definition) is 0. The zero-order chi connectivity index (χ0) is 27.9. The Balaban J connectivity index is 1.69. The monoisotopic (exact) mass is 477 g/mol. The summed E-state index contributed by atoms with van der Waals surface area (Å²) in [5, 5.41) is 1.52. The van der Waals surface area contributed by atoms with Gasteiger partial charge in [-0.2, -0.15) is 0 Å². The van der Waals surface area contributed by atoms with Crippen LogP contribution in [-0.4, -0.2) is 0 Å². The van der Waals surface area contributed by atoms with E-state index in [4.69, 9.17) is 8.53 Å². The van der Waals surface area contributed by atoms with Gasteiger partial charge in [-0.25, -0.2) is 4.57 Å². The van der Waals surface area contributed by atoms with Crippen LogP contribution in [0.2, 0.25) is 0 Å². The van der Waals surface area contributed by atoms with E-state index in [-0.39, 0.29) is 10.8 Å². The summed E-state index contributed by atoms with van der Waals surface area (Å²) in [4.78, 5) is 0. The van der Waals surface area contributed by atoms with Crippen molar-refractivity contribution in [3.05, 3.63) is 89.1 Å². The number of benzene rings is 3. The molecule has 0 radical (unpaired) electrons. The molecule has 1 aliphatic carbocycles. The summed E-state index contributed by atoms with van der Waals surface area (Å²) in [6, 6.07) is 20.8. The first-order valence-corrected chi connectivity index (χ1v) is 12.9. The van der Waals surface area contributed by atoms with Crippen LogP contribution < -0.4 is 4.57 Å². The zero-order valence-electron chi connectivity index (χ0n) is 25.1. The third-order valence-corrected chi connectivity index (χ3v) is 8.44. The van der Waals surface area contributed by atoms with Crippen molar-refractivity contribution >= 4 is 21.9 Å². The Morgan fingerprint density at radius 1 is 0.833 bits per heavy atom. The van der Waals surface area contributed by atoms with E-state index in [2.05, 4.69) is 62.6 Å². The molecule has 2 aromatic heterocycles. The predicted octanol–water partition coefficient (Wildman–Crippen LogP) is 8.71. The average Bonchev–Trinajstić information content (AvgIpc) is 3.25. The van der Waals surface area contributed by atoms with E-state index >= 15 is 0 Å². The van der Waals surface area contributed by atoms with Gasteiger partial charge in [0.15, 0.2) is 6.20 Å². The Bertz CT molecular complexity index is 1770. The minimum Gasteiger partial charge on any atom is -0.454 e. The molecule has 0 fully saturated rings. The van der Waals surface area contributed by atoms with Crippen molar-refractivity contribution in [3.8, 4) is 22.4 Å². The van der Waals surface area contributed by atoms with Crippen LogP contribution in [0.3, 0.4) is 0 Å². The minimum atomic E-state index is -2.27. The fraction of sp³-hybridized carbons (Fsp3) is 0.324. The fourth-order valence-electron chi connectivity index (χ4n) is 6.19. The van der Waals surface area contributed by atoms with Gasteiger partial charge in [-0.3, -0.25) is 0 Å². The number of furan rings is 1. The summed E-state index contributed by atoms with van der Waals surface area (Å²) in [6.45, 7) is 9.05. The maximum absolute atomic E-state index is 8.37. The van der Waals surface area contributed by atoms with Crippen molar-refractivity contribution in [2.75, 3.05) is 0 Å². The van der Waals surface area contributed by atoms with Crippen molar-refractivity contribution in [1.29, 1.82) is 0 Å². The van der Waals surface area contributed by atoms with Crippen molar-refractivity contribution < 1.29 is 13.1 Å². The van der Waals surface area contributed by atoms with Crippen LogP contribution in [0.15, 0.2) is 71.3 Å². The lowest BCUT2D eigenvalue weighted by molar-refractivity contribution is -0.660. The molecule has 0 spiro atoms. The molecule has 182 valence electrons. The molecule has 2 heteroatoms. The Morgan fingerprint density at radius 2 is 1.61 bits per heavy atom. The second-order valence-electron chi connectivity index (χ2n) is 11.8. The van der Waals surface area contributed by atoms with Gasteiger partial charge in [0, 0.05) is 32.6 Å². The number of pyridine rings is 1. The number of aromatic nitrogens is 1. The molecule has 3 aromatic carbocycles. The molecule has 36 heavy (non-hydrogen) atoms. The first-order chi connectivity index (χ1) is 18.3. The van der Waals surface area contributed by atoms with Gasteiger partial charge in [0.05, 0.1) is 5.56 Å². The van der Waals surface area contributed by atoms with Crippen LogP contribution in [0.25, 0.3) is 44.3 Å². The van der Waals surface area contributed by atoms with E-state index in [0.29, 0.717) is 16.5 Å². The molecule has 0 amide bonds. The number of nitrogens with zero attached hydrogens (tertiary/aromatic N) is 1. The van der Waals surface area contributed by atoms with Gasteiger partial charge < -0.3 is 4.42 Å². The van der Waals surface area contributed by atoms with Gasteiger partial charge in [0.1, 0.15) is 18.2 Å². The van der Waals surface area contributed by atoms with Gasteiger partial charge in [-0.1, -0.05) is 70.2 Å². The number of fused-ring (bicyclic) bond motifs is 4. The van der Waals surface area contributed by atoms with Gasteiger partial charge >= 0.3 is 0 Å². The molecule has 6 rings (SSSR count). The number of rotatable bonds is 2. The van der Waals surface area contributed by atoms with Gasteiger partial charge in [0.25, 0.3) is 0 Å². The molecular formula is C34H36NO+. The largest absolute Gasteiger partial charge is 0.454 e. The molecule has 0 saturated carbocycles. The lowest BCUT2D eigenvalue weighted by atomic mass is 9.63. The summed E-state index contributed by atoms with van der Waals surface area (Å²) >= 11 is 0. The van der Waals surface area contributed by atoms with Crippen LogP contribution >= 0.6 is 0 Å². The molecule has 0 unspecified atom stereocenters. The second-order valence-corrected chi connectivity index (χ2v) is 11.8. The molecule has 0 atom stereocenters. The standard InChI is InChI=1S/C34H36NO/c1-21-19-22(2)30(28-13-8-9-18-35(28)7)32-29(21)25-12-10-11-24(31(25)36-32)23-14-15-26-27(20-23)34(5,6)17-16-33(26,3)4/h8-15,18-20H,16-17H2,1-7H3/q+1/i1D3. The molecule has 1 aliphatic rings. The Morgan fingerprint density at radius 3 is 2.36 bits per heavy atom. The minimum absolute atomic E-state index is 0.0867. The van der Waals surface area contributed by atoms with Crippen LogP contribution in [0.1, 0.15) is 66.9 Å². The van der Waals surface area contributed by atoms with E-state index in [1.54, 1.807) is 0 Å². The SMILES string of the molecule is [2H]C([2H])([2H])c1cc(C)c(-c2cccc[n+]2C)c2oc3c(-c4ccc5c(c4)C(C)(C)CCC5(C)C)cccc3c12. The average molecular weight is 478 g/mol. The van der Waals surface area contributed by atoms with E-state index in [1.807, 2.05) is 50.5 Å². The van der Waals surface area contributed by atoms with E-state index in [1.165, 1.54) is 17.5 Å². The van der Waals surface area contributed by atoms with Crippen LogP contribution in [0, 0.1) is 13.8 Å². The van der Waals surface area contributed by atoms with Gasteiger partial charge in [0.2, 0.25) is 5.69 Å². The molecular weight excluding hydrogens is 438 g/mol. The Kier molecular flexibility index (Phi) is 4.28. The van der Waals surface area contributed by atoms with E-state index in [9.17, 15) is 0 Å². The Hall–Kier alpha value is -3.39. The fourth-order valence-corrected chi connectivity index (χ4v) is 6.19. The summed E-state index contributed by atoms with van der Waals surface area (Å²) in [6.07, 6.45) is 4.31. The van der Waals surface area contributed by atoms with Gasteiger partial charge in [-0.05, 0) is 71.3 Å². The highest BCUT2D eigenvalue weighted by Gasteiger charge is 2.37. The first kappa shape index (κ1) is 19.8. The smallest absolute Gasteiger partial charge is 0.216 e. The summed E-state index contributed by atoms with van der Waals surface area (Å²) in [5.74, 6) is 0. The van der Waals surface area contributed by atoms with Crippen LogP contribution in [0.4, 0.5) is 0 Å². The maximum atomic E-state index is 8.37. The van der Waals surface area contributed by atoms with Gasteiger partial charge in [-0.15, -0.1) is 0 Å². The molecule has 0 saturated heterocycles. The lowest BCUT2D eigenvalue weighted by Crippen LogP contribution is -2.33. The van der Waals surface area contributed by atoms with E-state index in [0.717, 1.165) is 45.3 Å². The molecule has 0 aliphatic heterocycles. The molecule has 0 bridgehead atoms. The quantitative estimate of drug-likeness (QED) is 0.232. The molecule has 2 heterocycles. The van der Waals surface area contributed by atoms with Crippen LogP contribution in [-0.2, 0) is 17.9 Å². The van der Waals surface area contributed by atoms with Crippen molar-refractivity contribution in [3.63, 3.8) is 0 Å². The normalized spacial score (nSPS) is 18.0. The predicted molar refractivity (Wildman–Crippen MR) is 151 cm³/mol. The van der Waals surface area contributed by atoms with Crippen molar-refractivity contribution in [2.45, 2.75) is 65.1 Å². The van der Waals surface area contributed by atoms with Crippen molar-refractivity contribution in [1.82, 2.24) is 0 Å². The number of para-hydroxylation sites is 1. The number of hydrogen-bond acceptors (Lipinski definition) is 1. The highest BCUT2D eigenvalue weighted by molar-refractivity contribution is 6.14. The van der Waals surface area contributed by atoms with Crippen molar-refractivity contribution in [2.24, 2.45) is 7.05 Å². The lowest BCUT2D eigenvalue weighted by Gasteiger charge is -2.42. The number of aryl methyl sites for hydroxylation is 3. The maximum Gasteiger partial charge on any atom is 0.216 e. The zero-order valence-corrected chi connectivity index (χ0v) is 22.1. The summed E-state index contributed by atoms with van der Waals surface area (Å²) < 4.78 is 33.9. The topological polar surface area (TPSA) is 17.0 Å². The third kappa shape index (κ3) is 3.34. The van der Waals surface area contributed by atoms with Crippen LogP contribution in [0.5, 0.6) is 0 Å². The molecule has 5 aromatic rings. The molecule has 2 nitrogen and oxygen atoms in total. The third-order valence-electron chi connectivity index (χ3n) is 8.44. The second kappa shape index (κ2) is 7.80.